The standard InChI is InChI=1S/C28H39N3/c1-29(28-13-16-31(22-28)21-23-7-3-2-4-8-23)19-25-17-27(18-25)26-11-9-24(10-12-26)20-30-14-5-6-15-30/h2-4,7-12,25,27-28H,5-6,13-22H2,1H3/t25-,27-,28-/m0/s1. The zero-order valence-electron chi connectivity index (χ0n) is 19.3. The van der Waals surface area contributed by atoms with Gasteiger partial charge in [0.1, 0.15) is 0 Å². The van der Waals surface area contributed by atoms with Crippen LogP contribution in [0.4, 0.5) is 0 Å². The Morgan fingerprint density at radius 2 is 1.48 bits per heavy atom. The van der Waals surface area contributed by atoms with Crippen LogP contribution >= 0.6 is 0 Å². The third kappa shape index (κ3) is 5.39. The topological polar surface area (TPSA) is 9.72 Å². The summed E-state index contributed by atoms with van der Waals surface area (Å²) in [6.07, 6.45) is 6.81. The van der Waals surface area contributed by atoms with Crippen molar-refractivity contribution in [2.75, 3.05) is 39.8 Å². The summed E-state index contributed by atoms with van der Waals surface area (Å²) in [5.41, 5.74) is 4.50. The van der Waals surface area contributed by atoms with E-state index in [1.807, 2.05) is 0 Å². The summed E-state index contributed by atoms with van der Waals surface area (Å²) >= 11 is 0. The molecule has 3 fully saturated rings. The van der Waals surface area contributed by atoms with Gasteiger partial charge in [0.15, 0.2) is 0 Å². The summed E-state index contributed by atoms with van der Waals surface area (Å²) in [4.78, 5) is 7.88. The molecule has 2 saturated heterocycles. The fourth-order valence-corrected chi connectivity index (χ4v) is 5.96. The van der Waals surface area contributed by atoms with Crippen molar-refractivity contribution >= 4 is 0 Å². The van der Waals surface area contributed by atoms with E-state index in [1.165, 1.54) is 76.0 Å². The van der Waals surface area contributed by atoms with Gasteiger partial charge >= 0.3 is 0 Å². The van der Waals surface area contributed by atoms with E-state index in [0.29, 0.717) is 0 Å². The molecular weight excluding hydrogens is 378 g/mol. The minimum absolute atomic E-state index is 0.729. The van der Waals surface area contributed by atoms with E-state index in [1.54, 1.807) is 5.56 Å². The number of likely N-dealkylation sites (tertiary alicyclic amines) is 2. The van der Waals surface area contributed by atoms with Gasteiger partial charge in [-0.3, -0.25) is 9.80 Å². The average molecular weight is 418 g/mol. The SMILES string of the molecule is CN(C[C@H]1C[C@H](c2ccc(CN3CCCC3)cc2)C1)[C@H]1CCN(Cc2ccccc2)C1. The van der Waals surface area contributed by atoms with Gasteiger partial charge < -0.3 is 4.90 Å². The lowest BCUT2D eigenvalue weighted by Gasteiger charge is -2.39. The smallest absolute Gasteiger partial charge is 0.0234 e. The molecule has 2 aromatic rings. The lowest BCUT2D eigenvalue weighted by atomic mass is 9.71. The van der Waals surface area contributed by atoms with Gasteiger partial charge in [-0.05, 0) is 80.8 Å². The summed E-state index contributed by atoms with van der Waals surface area (Å²) < 4.78 is 0. The van der Waals surface area contributed by atoms with Crippen LogP contribution in [0.15, 0.2) is 54.6 Å². The molecule has 1 atom stereocenters. The Balaban J connectivity index is 1.04. The predicted molar refractivity (Wildman–Crippen MR) is 129 cm³/mol. The molecule has 0 N–H and O–H groups in total. The second kappa shape index (κ2) is 9.85. The number of benzene rings is 2. The van der Waals surface area contributed by atoms with Crippen LogP contribution in [0.3, 0.4) is 0 Å². The van der Waals surface area contributed by atoms with Crippen LogP contribution in [-0.4, -0.2) is 60.5 Å². The van der Waals surface area contributed by atoms with Gasteiger partial charge in [-0.1, -0.05) is 54.6 Å². The Labute approximate surface area is 189 Å². The van der Waals surface area contributed by atoms with Gasteiger partial charge in [0.05, 0.1) is 0 Å². The second-order valence-electron chi connectivity index (χ2n) is 10.4. The molecular formula is C28H39N3. The van der Waals surface area contributed by atoms with Crippen LogP contribution in [-0.2, 0) is 13.1 Å². The number of nitrogens with zero attached hydrogens (tertiary/aromatic N) is 3. The van der Waals surface area contributed by atoms with E-state index in [4.69, 9.17) is 0 Å². The van der Waals surface area contributed by atoms with Gasteiger partial charge in [-0.15, -0.1) is 0 Å². The van der Waals surface area contributed by atoms with Crippen LogP contribution in [0.5, 0.6) is 0 Å². The van der Waals surface area contributed by atoms with E-state index in [9.17, 15) is 0 Å². The van der Waals surface area contributed by atoms with E-state index < -0.39 is 0 Å². The maximum atomic E-state index is 2.66. The molecule has 0 spiro atoms. The molecule has 3 nitrogen and oxygen atoms in total. The fourth-order valence-electron chi connectivity index (χ4n) is 5.96. The zero-order valence-corrected chi connectivity index (χ0v) is 19.3. The van der Waals surface area contributed by atoms with Crippen LogP contribution in [0, 0.1) is 5.92 Å². The monoisotopic (exact) mass is 417 g/mol. The van der Waals surface area contributed by atoms with Gasteiger partial charge in [-0.25, -0.2) is 0 Å². The van der Waals surface area contributed by atoms with Crippen LogP contribution < -0.4 is 0 Å². The Bertz CT molecular complexity index is 806. The van der Waals surface area contributed by atoms with Crippen molar-refractivity contribution in [2.24, 2.45) is 5.92 Å². The Kier molecular flexibility index (Phi) is 6.73. The fraction of sp³-hybridized carbons (Fsp3) is 0.571. The first kappa shape index (κ1) is 21.2. The van der Waals surface area contributed by atoms with E-state index in [-0.39, 0.29) is 0 Å². The summed E-state index contributed by atoms with van der Waals surface area (Å²) in [7, 11) is 2.36. The lowest BCUT2D eigenvalue weighted by molar-refractivity contribution is 0.144. The minimum Gasteiger partial charge on any atom is -0.302 e. The molecule has 0 unspecified atom stereocenters. The maximum absolute atomic E-state index is 2.66. The van der Waals surface area contributed by atoms with E-state index >= 15 is 0 Å². The van der Waals surface area contributed by atoms with Gasteiger partial charge in [-0.2, -0.15) is 0 Å². The molecule has 31 heavy (non-hydrogen) atoms. The highest BCUT2D eigenvalue weighted by Crippen LogP contribution is 2.42. The predicted octanol–water partition coefficient (Wildman–Crippen LogP) is 4.98. The zero-order chi connectivity index (χ0) is 21.0. The Morgan fingerprint density at radius 1 is 0.806 bits per heavy atom. The highest BCUT2D eigenvalue weighted by atomic mass is 15.2. The number of hydrogen-bond donors (Lipinski definition) is 0. The van der Waals surface area contributed by atoms with Gasteiger partial charge in [0, 0.05) is 38.8 Å². The molecule has 0 bridgehead atoms. The molecule has 5 rings (SSSR count). The quantitative estimate of drug-likeness (QED) is 0.600. The summed E-state index contributed by atoms with van der Waals surface area (Å²) in [5.74, 6) is 1.67. The summed E-state index contributed by atoms with van der Waals surface area (Å²) in [5, 5.41) is 0. The molecule has 2 aromatic carbocycles. The van der Waals surface area contributed by atoms with Crippen molar-refractivity contribution in [3.8, 4) is 0 Å². The molecule has 3 aliphatic rings. The van der Waals surface area contributed by atoms with Crippen LogP contribution in [0.1, 0.15) is 54.7 Å². The normalized spacial score (nSPS) is 27.1. The Morgan fingerprint density at radius 3 is 2.23 bits per heavy atom. The maximum Gasteiger partial charge on any atom is 0.0234 e. The van der Waals surface area contributed by atoms with E-state index in [0.717, 1.165) is 31.0 Å². The third-order valence-electron chi connectivity index (χ3n) is 7.96. The molecule has 166 valence electrons. The highest BCUT2D eigenvalue weighted by molar-refractivity contribution is 5.27. The molecule has 0 radical (unpaired) electrons. The first-order valence-electron chi connectivity index (χ1n) is 12.5. The van der Waals surface area contributed by atoms with Crippen molar-refractivity contribution in [1.82, 2.24) is 14.7 Å². The first-order valence-corrected chi connectivity index (χ1v) is 12.5. The Hall–Kier alpha value is -1.68. The molecule has 2 aliphatic heterocycles. The number of likely N-dealkylation sites (N-methyl/N-ethyl adjacent to an activating group) is 1. The van der Waals surface area contributed by atoms with Crippen molar-refractivity contribution in [2.45, 2.75) is 57.2 Å². The molecule has 0 aromatic heterocycles. The van der Waals surface area contributed by atoms with Crippen LogP contribution in [0.2, 0.25) is 0 Å². The summed E-state index contributed by atoms with van der Waals surface area (Å²) in [6.45, 7) is 8.54. The molecule has 3 heteroatoms. The highest BCUT2D eigenvalue weighted by Gasteiger charge is 2.33. The molecule has 1 saturated carbocycles. The number of rotatable bonds is 8. The largest absolute Gasteiger partial charge is 0.302 e. The lowest BCUT2D eigenvalue weighted by Crippen LogP contribution is -2.40. The van der Waals surface area contributed by atoms with Crippen molar-refractivity contribution in [1.29, 1.82) is 0 Å². The third-order valence-corrected chi connectivity index (χ3v) is 7.96. The van der Waals surface area contributed by atoms with Gasteiger partial charge in [0.2, 0.25) is 0 Å². The minimum atomic E-state index is 0.729. The van der Waals surface area contributed by atoms with Gasteiger partial charge in [0.25, 0.3) is 0 Å². The second-order valence-corrected chi connectivity index (χ2v) is 10.4. The van der Waals surface area contributed by atoms with Crippen LogP contribution in [0.25, 0.3) is 0 Å². The number of hydrogen-bond acceptors (Lipinski definition) is 3. The first-order chi connectivity index (χ1) is 15.2. The van der Waals surface area contributed by atoms with Crippen molar-refractivity contribution in [3.63, 3.8) is 0 Å². The van der Waals surface area contributed by atoms with Crippen molar-refractivity contribution in [3.05, 3.63) is 71.3 Å². The van der Waals surface area contributed by atoms with E-state index in [2.05, 4.69) is 76.3 Å². The van der Waals surface area contributed by atoms with Crippen molar-refractivity contribution < 1.29 is 0 Å². The molecule has 2 heterocycles. The average Bonchev–Trinajstić information content (AvgIpc) is 3.44. The molecule has 0 amide bonds. The molecule has 1 aliphatic carbocycles. The summed E-state index contributed by atoms with van der Waals surface area (Å²) in [6, 6.07) is 21.2.